The minimum atomic E-state index is -0.0589. The summed E-state index contributed by atoms with van der Waals surface area (Å²) in [7, 11) is 7.28. The normalized spacial score (nSPS) is 10.8. The first-order valence-corrected chi connectivity index (χ1v) is 12.0. The Labute approximate surface area is 216 Å². The van der Waals surface area contributed by atoms with Crippen LogP contribution in [0.1, 0.15) is 16.8 Å². The molecule has 0 spiro atoms. The van der Waals surface area contributed by atoms with Crippen LogP contribution in [-0.4, -0.2) is 57.2 Å². The first-order valence-electron chi connectivity index (χ1n) is 11.1. The number of hydrogen-bond acceptors (Lipinski definition) is 6. The Morgan fingerprint density at radius 3 is 2.14 bits per heavy atom. The van der Waals surface area contributed by atoms with Crippen LogP contribution in [-0.2, 0) is 0 Å². The summed E-state index contributed by atoms with van der Waals surface area (Å²) in [6.45, 7) is 1.45. The van der Waals surface area contributed by atoms with Crippen LogP contribution >= 0.6 is 23.7 Å². The Bertz CT molecular complexity index is 1220. The van der Waals surface area contributed by atoms with Gasteiger partial charge in [-0.15, -0.1) is 12.4 Å². The van der Waals surface area contributed by atoms with Gasteiger partial charge in [0, 0.05) is 24.2 Å². The molecule has 0 radical (unpaired) electrons. The third-order valence-electron chi connectivity index (χ3n) is 5.58. The van der Waals surface area contributed by atoms with Gasteiger partial charge in [-0.1, -0.05) is 53.8 Å². The minimum absolute atomic E-state index is 0. The van der Waals surface area contributed by atoms with E-state index in [1.807, 2.05) is 68.7 Å². The van der Waals surface area contributed by atoms with Crippen LogP contribution in [0.4, 0.5) is 5.13 Å². The van der Waals surface area contributed by atoms with Crippen LogP contribution in [0.3, 0.4) is 0 Å². The van der Waals surface area contributed by atoms with Crippen molar-refractivity contribution in [2.24, 2.45) is 0 Å². The number of amides is 1. The maximum atomic E-state index is 13.6. The Morgan fingerprint density at radius 2 is 1.51 bits per heavy atom. The van der Waals surface area contributed by atoms with E-state index in [0.29, 0.717) is 28.7 Å². The van der Waals surface area contributed by atoms with Crippen molar-refractivity contribution >= 4 is 45.0 Å². The average molecular weight is 512 g/mol. The standard InChI is InChI=1S/C27H29N3O3S.ClH/c1-29(2)15-8-16-30(27-28-22-17-23(32-3)24(33-4)18-25(22)34-27)26(31)21-13-11-20(12-14-21)19-9-6-5-7-10-19;/h5-7,9-14,17-18H,8,15-16H2,1-4H3;1H. The van der Waals surface area contributed by atoms with Gasteiger partial charge in [-0.25, -0.2) is 4.98 Å². The Morgan fingerprint density at radius 1 is 0.886 bits per heavy atom. The number of carbonyl (C=O) groups is 1. The molecule has 4 aromatic rings. The van der Waals surface area contributed by atoms with Crippen molar-refractivity contribution in [3.8, 4) is 22.6 Å². The van der Waals surface area contributed by atoms with Crippen molar-refractivity contribution in [2.45, 2.75) is 6.42 Å². The highest BCUT2D eigenvalue weighted by atomic mass is 35.5. The summed E-state index contributed by atoms with van der Waals surface area (Å²) in [6.07, 6.45) is 0.837. The number of methoxy groups -OCH3 is 2. The van der Waals surface area contributed by atoms with Gasteiger partial charge in [0.05, 0.1) is 24.4 Å². The second-order valence-electron chi connectivity index (χ2n) is 8.23. The Kier molecular flexibility index (Phi) is 9.09. The second kappa shape index (κ2) is 12.0. The first-order chi connectivity index (χ1) is 16.5. The third kappa shape index (κ3) is 6.11. The Hall–Kier alpha value is -3.13. The predicted octanol–water partition coefficient (Wildman–Crippen LogP) is 6.00. The van der Waals surface area contributed by atoms with E-state index in [1.165, 1.54) is 11.3 Å². The molecular formula is C27H30ClN3O3S. The lowest BCUT2D eigenvalue weighted by Crippen LogP contribution is -2.33. The highest BCUT2D eigenvalue weighted by Crippen LogP contribution is 2.37. The van der Waals surface area contributed by atoms with Crippen molar-refractivity contribution < 1.29 is 14.3 Å². The number of ether oxygens (including phenoxy) is 2. The molecule has 0 aliphatic carbocycles. The smallest absolute Gasteiger partial charge is 0.260 e. The number of hydrogen-bond donors (Lipinski definition) is 0. The SMILES string of the molecule is COc1cc2nc(N(CCCN(C)C)C(=O)c3ccc(-c4ccccc4)cc3)sc2cc1OC.Cl. The number of aromatic nitrogens is 1. The van der Waals surface area contributed by atoms with Crippen LogP contribution in [0.2, 0.25) is 0 Å². The fourth-order valence-electron chi connectivity index (χ4n) is 3.78. The average Bonchev–Trinajstić information content (AvgIpc) is 3.28. The molecule has 0 atom stereocenters. The molecule has 1 heterocycles. The molecule has 0 aliphatic rings. The highest BCUT2D eigenvalue weighted by Gasteiger charge is 2.22. The van der Waals surface area contributed by atoms with Crippen molar-refractivity contribution in [3.63, 3.8) is 0 Å². The van der Waals surface area contributed by atoms with E-state index >= 15 is 0 Å². The van der Waals surface area contributed by atoms with Gasteiger partial charge in [-0.2, -0.15) is 0 Å². The van der Waals surface area contributed by atoms with Gasteiger partial charge >= 0.3 is 0 Å². The largest absolute Gasteiger partial charge is 0.493 e. The van der Waals surface area contributed by atoms with E-state index in [-0.39, 0.29) is 18.3 Å². The van der Waals surface area contributed by atoms with Gasteiger partial charge in [-0.05, 0) is 50.3 Å². The minimum Gasteiger partial charge on any atom is -0.493 e. The molecule has 184 valence electrons. The lowest BCUT2D eigenvalue weighted by molar-refractivity contribution is 0.0986. The highest BCUT2D eigenvalue weighted by molar-refractivity contribution is 7.22. The zero-order chi connectivity index (χ0) is 24.1. The van der Waals surface area contributed by atoms with Crippen LogP contribution in [0, 0.1) is 0 Å². The molecule has 0 bridgehead atoms. The number of nitrogens with zero attached hydrogens (tertiary/aromatic N) is 3. The summed E-state index contributed by atoms with van der Waals surface area (Å²) in [5, 5.41) is 0.668. The van der Waals surface area contributed by atoms with Gasteiger partial charge in [0.2, 0.25) is 0 Å². The summed E-state index contributed by atoms with van der Waals surface area (Å²) in [6, 6.07) is 21.7. The molecule has 6 nitrogen and oxygen atoms in total. The number of rotatable bonds is 9. The molecule has 8 heteroatoms. The number of anilines is 1. The van der Waals surface area contributed by atoms with Crippen LogP contribution in [0.25, 0.3) is 21.3 Å². The maximum Gasteiger partial charge on any atom is 0.260 e. The van der Waals surface area contributed by atoms with Crippen LogP contribution in [0.15, 0.2) is 66.7 Å². The molecule has 1 aromatic heterocycles. The summed E-state index contributed by atoms with van der Waals surface area (Å²) in [5.41, 5.74) is 3.62. The molecule has 3 aromatic carbocycles. The maximum absolute atomic E-state index is 13.6. The lowest BCUT2D eigenvalue weighted by atomic mass is 10.0. The van der Waals surface area contributed by atoms with Crippen molar-refractivity contribution in [2.75, 3.05) is 46.3 Å². The van der Waals surface area contributed by atoms with Crippen molar-refractivity contribution in [1.82, 2.24) is 9.88 Å². The summed E-state index contributed by atoms with van der Waals surface area (Å²) in [4.78, 5) is 22.3. The molecule has 4 rings (SSSR count). The zero-order valence-electron chi connectivity index (χ0n) is 20.4. The number of halogens is 1. The quantitative estimate of drug-likeness (QED) is 0.276. The van der Waals surface area contributed by atoms with Gasteiger partial charge in [0.25, 0.3) is 5.91 Å². The Balaban J connectivity index is 0.00000342. The molecule has 0 fully saturated rings. The van der Waals surface area contributed by atoms with Gasteiger partial charge in [0.1, 0.15) is 0 Å². The number of benzene rings is 3. The van der Waals surface area contributed by atoms with Gasteiger partial charge < -0.3 is 14.4 Å². The molecule has 35 heavy (non-hydrogen) atoms. The van der Waals surface area contributed by atoms with E-state index in [9.17, 15) is 4.79 Å². The molecule has 0 N–H and O–H groups in total. The van der Waals surface area contributed by atoms with Crippen LogP contribution < -0.4 is 14.4 Å². The monoisotopic (exact) mass is 511 g/mol. The molecule has 1 amide bonds. The third-order valence-corrected chi connectivity index (χ3v) is 6.63. The summed E-state index contributed by atoms with van der Waals surface area (Å²) in [5.74, 6) is 1.21. The molecule has 0 unspecified atom stereocenters. The molecule has 0 saturated carbocycles. The van der Waals surface area contributed by atoms with E-state index < -0.39 is 0 Å². The zero-order valence-corrected chi connectivity index (χ0v) is 22.0. The van der Waals surface area contributed by atoms with Gasteiger partial charge in [0.15, 0.2) is 16.6 Å². The lowest BCUT2D eigenvalue weighted by Gasteiger charge is -2.21. The van der Waals surface area contributed by atoms with Crippen LogP contribution in [0.5, 0.6) is 11.5 Å². The molecule has 0 aliphatic heterocycles. The van der Waals surface area contributed by atoms with E-state index in [4.69, 9.17) is 14.5 Å². The molecule has 0 saturated heterocycles. The number of thiazole rings is 1. The fourth-order valence-corrected chi connectivity index (χ4v) is 4.78. The van der Waals surface area contributed by atoms with E-state index in [2.05, 4.69) is 17.0 Å². The number of fused-ring (bicyclic) bond motifs is 1. The van der Waals surface area contributed by atoms with Crippen molar-refractivity contribution in [3.05, 3.63) is 72.3 Å². The summed E-state index contributed by atoms with van der Waals surface area (Å²) < 4.78 is 11.8. The predicted molar refractivity (Wildman–Crippen MR) is 147 cm³/mol. The fraction of sp³-hybridized carbons (Fsp3) is 0.259. The topological polar surface area (TPSA) is 54.9 Å². The number of carbonyl (C=O) groups excluding carboxylic acids is 1. The van der Waals surface area contributed by atoms with Crippen molar-refractivity contribution in [1.29, 1.82) is 0 Å². The van der Waals surface area contributed by atoms with E-state index in [1.54, 1.807) is 19.1 Å². The second-order valence-corrected chi connectivity index (χ2v) is 9.24. The van der Waals surface area contributed by atoms with E-state index in [0.717, 1.165) is 34.3 Å². The summed E-state index contributed by atoms with van der Waals surface area (Å²) >= 11 is 1.48. The first kappa shape index (κ1) is 26.5. The molecular weight excluding hydrogens is 482 g/mol. The van der Waals surface area contributed by atoms with Gasteiger partial charge in [-0.3, -0.25) is 9.69 Å².